The summed E-state index contributed by atoms with van der Waals surface area (Å²) in [6, 6.07) is 4.38. The van der Waals surface area contributed by atoms with E-state index in [2.05, 4.69) is 0 Å². The van der Waals surface area contributed by atoms with E-state index in [9.17, 15) is 9.59 Å². The Hall–Kier alpha value is -2.24. The topological polar surface area (TPSA) is 71.1 Å². The summed E-state index contributed by atoms with van der Waals surface area (Å²) in [5.41, 5.74) is -0.347. The van der Waals surface area contributed by atoms with Gasteiger partial charge in [0.2, 0.25) is 0 Å². The number of hydrogen-bond donors (Lipinski definition) is 0. The SMILES string of the molecule is CCOC(=O)c1ccc(OC(=O)OC(C)(C)C)c(OC)c1. The highest BCUT2D eigenvalue weighted by Gasteiger charge is 2.20. The van der Waals surface area contributed by atoms with E-state index in [1.165, 1.54) is 25.3 Å². The van der Waals surface area contributed by atoms with Crippen LogP contribution in [0.5, 0.6) is 11.5 Å². The van der Waals surface area contributed by atoms with E-state index in [1.807, 2.05) is 0 Å². The molecule has 0 aliphatic heterocycles. The minimum absolute atomic E-state index is 0.166. The van der Waals surface area contributed by atoms with Crippen molar-refractivity contribution in [1.29, 1.82) is 0 Å². The van der Waals surface area contributed by atoms with Crippen molar-refractivity contribution >= 4 is 12.1 Å². The van der Waals surface area contributed by atoms with Gasteiger partial charge in [0.25, 0.3) is 0 Å². The number of rotatable bonds is 4. The number of methoxy groups -OCH3 is 1. The molecular weight excluding hydrogens is 276 g/mol. The molecule has 21 heavy (non-hydrogen) atoms. The Morgan fingerprint density at radius 2 is 1.81 bits per heavy atom. The van der Waals surface area contributed by atoms with Crippen molar-refractivity contribution in [3.05, 3.63) is 23.8 Å². The highest BCUT2D eigenvalue weighted by Crippen LogP contribution is 2.29. The zero-order valence-corrected chi connectivity index (χ0v) is 12.9. The fraction of sp³-hybridized carbons (Fsp3) is 0.467. The molecule has 0 heterocycles. The van der Waals surface area contributed by atoms with Crippen LogP contribution < -0.4 is 9.47 Å². The first-order chi connectivity index (χ1) is 9.76. The normalized spacial score (nSPS) is 10.7. The molecule has 0 saturated heterocycles. The Morgan fingerprint density at radius 3 is 2.33 bits per heavy atom. The molecule has 0 atom stereocenters. The van der Waals surface area contributed by atoms with Crippen molar-refractivity contribution in [3.63, 3.8) is 0 Å². The standard InChI is InChI=1S/C15H20O6/c1-6-19-13(16)10-7-8-11(12(9-10)18-5)20-14(17)21-15(2,3)4/h7-9H,6H2,1-5H3. The number of hydrogen-bond acceptors (Lipinski definition) is 6. The lowest BCUT2D eigenvalue weighted by atomic mass is 10.2. The molecule has 1 rings (SSSR count). The molecule has 1 aromatic rings. The van der Waals surface area contributed by atoms with Crippen LogP contribution in [-0.2, 0) is 9.47 Å². The van der Waals surface area contributed by atoms with Crippen LogP contribution in [0.3, 0.4) is 0 Å². The van der Waals surface area contributed by atoms with E-state index in [0.717, 1.165) is 0 Å². The fourth-order valence-electron chi connectivity index (χ4n) is 1.45. The summed E-state index contributed by atoms with van der Waals surface area (Å²) >= 11 is 0. The van der Waals surface area contributed by atoms with Crippen molar-refractivity contribution in [2.75, 3.05) is 13.7 Å². The maximum absolute atomic E-state index is 11.6. The maximum atomic E-state index is 11.6. The van der Waals surface area contributed by atoms with Gasteiger partial charge < -0.3 is 18.9 Å². The molecule has 0 bridgehead atoms. The van der Waals surface area contributed by atoms with Crippen LogP contribution in [0.25, 0.3) is 0 Å². The second-order valence-corrected chi connectivity index (χ2v) is 5.15. The first-order valence-electron chi connectivity index (χ1n) is 6.53. The number of esters is 1. The summed E-state index contributed by atoms with van der Waals surface area (Å²) in [5, 5.41) is 0. The molecule has 1 aromatic carbocycles. The third kappa shape index (κ3) is 5.33. The third-order valence-corrected chi connectivity index (χ3v) is 2.26. The van der Waals surface area contributed by atoms with Gasteiger partial charge in [0, 0.05) is 0 Å². The largest absolute Gasteiger partial charge is 0.514 e. The smallest absolute Gasteiger partial charge is 0.493 e. The Morgan fingerprint density at radius 1 is 1.14 bits per heavy atom. The first kappa shape index (κ1) is 16.8. The van der Waals surface area contributed by atoms with E-state index in [1.54, 1.807) is 27.7 Å². The van der Waals surface area contributed by atoms with E-state index >= 15 is 0 Å². The summed E-state index contributed by atoms with van der Waals surface area (Å²) in [6.45, 7) is 7.19. The van der Waals surface area contributed by atoms with Crippen LogP contribution in [-0.4, -0.2) is 31.4 Å². The summed E-state index contributed by atoms with van der Waals surface area (Å²) < 4.78 is 20.1. The second-order valence-electron chi connectivity index (χ2n) is 5.15. The molecule has 0 spiro atoms. The van der Waals surface area contributed by atoms with Crippen molar-refractivity contribution in [2.24, 2.45) is 0 Å². The minimum atomic E-state index is -0.843. The average molecular weight is 296 g/mol. The molecule has 0 aliphatic rings. The zero-order valence-electron chi connectivity index (χ0n) is 12.9. The highest BCUT2D eigenvalue weighted by molar-refractivity contribution is 5.90. The van der Waals surface area contributed by atoms with Crippen LogP contribution in [0, 0.1) is 0 Å². The molecule has 0 radical (unpaired) electrons. The molecule has 116 valence electrons. The van der Waals surface area contributed by atoms with Gasteiger partial charge in [-0.2, -0.15) is 0 Å². The minimum Gasteiger partial charge on any atom is -0.493 e. The molecule has 6 nitrogen and oxygen atoms in total. The van der Waals surface area contributed by atoms with Crippen molar-refractivity contribution in [2.45, 2.75) is 33.3 Å². The summed E-state index contributed by atoms with van der Waals surface area (Å²) in [4.78, 5) is 23.2. The predicted molar refractivity (Wildman–Crippen MR) is 75.8 cm³/mol. The van der Waals surface area contributed by atoms with Crippen LogP contribution >= 0.6 is 0 Å². The number of ether oxygens (including phenoxy) is 4. The number of benzene rings is 1. The van der Waals surface area contributed by atoms with Gasteiger partial charge >= 0.3 is 12.1 Å². The van der Waals surface area contributed by atoms with E-state index in [4.69, 9.17) is 18.9 Å². The molecular formula is C15H20O6. The maximum Gasteiger partial charge on any atom is 0.514 e. The summed E-state index contributed by atoms with van der Waals surface area (Å²) in [7, 11) is 1.41. The Bertz CT molecular complexity index is 515. The Balaban J connectivity index is 2.89. The monoisotopic (exact) mass is 296 g/mol. The van der Waals surface area contributed by atoms with Crippen molar-refractivity contribution < 1.29 is 28.5 Å². The Labute approximate surface area is 123 Å². The molecule has 0 amide bonds. The van der Waals surface area contributed by atoms with E-state index in [-0.39, 0.29) is 18.1 Å². The van der Waals surface area contributed by atoms with Gasteiger partial charge in [0.1, 0.15) is 5.60 Å². The van der Waals surface area contributed by atoms with Gasteiger partial charge in [-0.05, 0) is 45.9 Å². The molecule has 0 N–H and O–H groups in total. The summed E-state index contributed by atoms with van der Waals surface area (Å²) in [6.07, 6.45) is -0.843. The van der Waals surface area contributed by atoms with Gasteiger partial charge in [-0.25, -0.2) is 9.59 Å². The number of carbonyl (C=O) groups is 2. The van der Waals surface area contributed by atoms with Crippen LogP contribution in [0.2, 0.25) is 0 Å². The fourth-order valence-corrected chi connectivity index (χ4v) is 1.45. The molecule has 0 fully saturated rings. The lowest BCUT2D eigenvalue weighted by molar-refractivity contribution is 0.0201. The molecule has 0 saturated carbocycles. The molecule has 6 heteroatoms. The third-order valence-electron chi connectivity index (χ3n) is 2.26. The molecule has 0 unspecified atom stereocenters. The lowest BCUT2D eigenvalue weighted by Crippen LogP contribution is -2.26. The van der Waals surface area contributed by atoms with Gasteiger partial charge in [-0.1, -0.05) is 0 Å². The van der Waals surface area contributed by atoms with Crippen LogP contribution in [0.4, 0.5) is 4.79 Å². The lowest BCUT2D eigenvalue weighted by Gasteiger charge is -2.19. The van der Waals surface area contributed by atoms with E-state index < -0.39 is 17.7 Å². The van der Waals surface area contributed by atoms with Crippen molar-refractivity contribution in [1.82, 2.24) is 0 Å². The zero-order chi connectivity index (χ0) is 16.0. The van der Waals surface area contributed by atoms with E-state index in [0.29, 0.717) is 5.56 Å². The first-order valence-corrected chi connectivity index (χ1v) is 6.53. The average Bonchev–Trinajstić information content (AvgIpc) is 2.37. The molecule has 0 aliphatic carbocycles. The summed E-state index contributed by atoms with van der Waals surface area (Å²) in [5.74, 6) is -0.0640. The van der Waals surface area contributed by atoms with Gasteiger partial charge in [-0.15, -0.1) is 0 Å². The van der Waals surface area contributed by atoms with Crippen LogP contribution in [0.15, 0.2) is 18.2 Å². The molecule has 0 aromatic heterocycles. The van der Waals surface area contributed by atoms with Gasteiger partial charge in [0.05, 0.1) is 19.3 Å². The quantitative estimate of drug-likeness (QED) is 0.627. The predicted octanol–water partition coefficient (Wildman–Crippen LogP) is 3.19. The van der Waals surface area contributed by atoms with Crippen LogP contribution in [0.1, 0.15) is 38.1 Å². The number of carbonyl (C=O) groups excluding carboxylic acids is 2. The van der Waals surface area contributed by atoms with Gasteiger partial charge in [-0.3, -0.25) is 0 Å². The van der Waals surface area contributed by atoms with Crippen molar-refractivity contribution in [3.8, 4) is 11.5 Å². The van der Waals surface area contributed by atoms with Gasteiger partial charge in [0.15, 0.2) is 11.5 Å². The second kappa shape index (κ2) is 6.97. The Kier molecular flexibility index (Phi) is 5.58. The highest BCUT2D eigenvalue weighted by atomic mass is 16.7.